The minimum atomic E-state index is -0.771. The number of hydrogen-bond donors (Lipinski definition) is 0. The summed E-state index contributed by atoms with van der Waals surface area (Å²) in [5, 5.41) is 0. The van der Waals surface area contributed by atoms with Crippen molar-refractivity contribution >= 4 is 17.6 Å². The lowest BCUT2D eigenvalue weighted by Gasteiger charge is -2.48. The molecule has 0 saturated carbocycles. The van der Waals surface area contributed by atoms with Crippen LogP contribution in [-0.4, -0.2) is 16.4 Å². The predicted molar refractivity (Wildman–Crippen MR) is 39.0 cm³/mol. The first kappa shape index (κ1) is 7.86. The Morgan fingerprint density at radius 1 is 1.60 bits per heavy atom. The third-order valence-corrected chi connectivity index (χ3v) is 2.99. The SMILES string of the molecule is CCC1(Cl)C(=O)OC1(C)C. The van der Waals surface area contributed by atoms with E-state index >= 15 is 0 Å². The predicted octanol–water partition coefficient (Wildman–Crippen LogP) is 1.71. The molecule has 1 aliphatic rings. The zero-order valence-electron chi connectivity index (χ0n) is 6.40. The van der Waals surface area contributed by atoms with E-state index in [0.29, 0.717) is 6.42 Å². The number of rotatable bonds is 1. The van der Waals surface area contributed by atoms with Gasteiger partial charge in [-0.25, -0.2) is 4.79 Å². The maximum absolute atomic E-state index is 10.8. The van der Waals surface area contributed by atoms with Crippen molar-refractivity contribution in [3.8, 4) is 0 Å². The summed E-state index contributed by atoms with van der Waals surface area (Å²) >= 11 is 5.96. The van der Waals surface area contributed by atoms with E-state index in [0.717, 1.165) is 0 Å². The Bertz CT molecular complexity index is 176. The molecule has 0 aromatic heterocycles. The van der Waals surface area contributed by atoms with E-state index in [9.17, 15) is 4.79 Å². The molecule has 1 heterocycles. The van der Waals surface area contributed by atoms with Crippen LogP contribution in [0.15, 0.2) is 0 Å². The average Bonchev–Trinajstić information content (AvgIpc) is 1.85. The summed E-state index contributed by atoms with van der Waals surface area (Å²) in [5.41, 5.74) is -0.486. The maximum atomic E-state index is 10.8. The van der Waals surface area contributed by atoms with Crippen LogP contribution < -0.4 is 0 Å². The van der Waals surface area contributed by atoms with Crippen molar-refractivity contribution in [3.63, 3.8) is 0 Å². The standard InChI is InChI=1S/C7H11ClO2/c1-4-7(8)5(9)10-6(7,2)3/h4H2,1-3H3. The minimum Gasteiger partial charge on any atom is -0.456 e. The smallest absolute Gasteiger partial charge is 0.331 e. The van der Waals surface area contributed by atoms with E-state index in [1.807, 2.05) is 20.8 Å². The third kappa shape index (κ3) is 0.685. The summed E-state index contributed by atoms with van der Waals surface area (Å²) in [7, 11) is 0. The number of carbonyl (C=O) groups is 1. The van der Waals surface area contributed by atoms with Crippen LogP contribution in [0.3, 0.4) is 0 Å². The molecule has 1 fully saturated rings. The van der Waals surface area contributed by atoms with Crippen LogP contribution in [0, 0.1) is 0 Å². The van der Waals surface area contributed by atoms with Crippen LogP contribution in [0.25, 0.3) is 0 Å². The van der Waals surface area contributed by atoms with Crippen LogP contribution in [-0.2, 0) is 9.53 Å². The molecule has 0 radical (unpaired) electrons. The zero-order valence-corrected chi connectivity index (χ0v) is 7.16. The van der Waals surface area contributed by atoms with Crippen molar-refractivity contribution in [2.24, 2.45) is 0 Å². The maximum Gasteiger partial charge on any atom is 0.331 e. The summed E-state index contributed by atoms with van der Waals surface area (Å²) in [6.45, 7) is 5.53. The molecule has 1 atom stereocenters. The Hall–Kier alpha value is -0.240. The molecule has 1 unspecified atom stereocenters. The Balaban J connectivity index is 2.83. The molecule has 58 valence electrons. The van der Waals surface area contributed by atoms with Crippen molar-refractivity contribution in [2.75, 3.05) is 0 Å². The number of esters is 1. The van der Waals surface area contributed by atoms with Gasteiger partial charge in [-0.15, -0.1) is 11.6 Å². The molecule has 0 amide bonds. The topological polar surface area (TPSA) is 26.3 Å². The third-order valence-electron chi connectivity index (χ3n) is 2.11. The highest BCUT2D eigenvalue weighted by molar-refractivity contribution is 6.37. The highest BCUT2D eigenvalue weighted by Gasteiger charge is 2.61. The van der Waals surface area contributed by atoms with Crippen molar-refractivity contribution in [2.45, 2.75) is 37.7 Å². The van der Waals surface area contributed by atoms with E-state index in [1.54, 1.807) is 0 Å². The zero-order chi connectivity index (χ0) is 7.99. The summed E-state index contributed by atoms with van der Waals surface area (Å²) in [5.74, 6) is -0.290. The van der Waals surface area contributed by atoms with Crippen LogP contribution in [0.1, 0.15) is 27.2 Å². The molecule has 0 N–H and O–H groups in total. The van der Waals surface area contributed by atoms with E-state index in [1.165, 1.54) is 0 Å². The molecular weight excluding hydrogens is 152 g/mol. The largest absolute Gasteiger partial charge is 0.456 e. The highest BCUT2D eigenvalue weighted by Crippen LogP contribution is 2.45. The van der Waals surface area contributed by atoms with Crippen molar-refractivity contribution in [1.82, 2.24) is 0 Å². The van der Waals surface area contributed by atoms with Gasteiger partial charge in [-0.3, -0.25) is 0 Å². The Labute approximate surface area is 65.5 Å². The van der Waals surface area contributed by atoms with Crippen molar-refractivity contribution in [1.29, 1.82) is 0 Å². The number of carbonyl (C=O) groups excluding carboxylic acids is 1. The molecule has 0 aromatic rings. The summed E-state index contributed by atoms with van der Waals surface area (Å²) in [4.78, 5) is 10.1. The van der Waals surface area contributed by atoms with Gasteiger partial charge in [0.1, 0.15) is 5.60 Å². The second-order valence-corrected chi connectivity index (χ2v) is 3.70. The average molecular weight is 163 g/mol. The molecule has 10 heavy (non-hydrogen) atoms. The van der Waals surface area contributed by atoms with Gasteiger partial charge in [0.2, 0.25) is 0 Å². The number of halogens is 1. The first-order valence-electron chi connectivity index (χ1n) is 3.36. The van der Waals surface area contributed by atoms with Gasteiger partial charge < -0.3 is 4.74 Å². The van der Waals surface area contributed by atoms with E-state index in [4.69, 9.17) is 16.3 Å². The van der Waals surface area contributed by atoms with Gasteiger partial charge in [0.25, 0.3) is 0 Å². The van der Waals surface area contributed by atoms with Crippen LogP contribution in [0.2, 0.25) is 0 Å². The van der Waals surface area contributed by atoms with Crippen molar-refractivity contribution in [3.05, 3.63) is 0 Å². The fourth-order valence-corrected chi connectivity index (χ4v) is 1.24. The fourth-order valence-electron chi connectivity index (χ4n) is 1.16. The molecule has 0 aromatic carbocycles. The Morgan fingerprint density at radius 3 is 2.20 bits per heavy atom. The molecule has 0 spiro atoms. The van der Waals surface area contributed by atoms with Crippen molar-refractivity contribution < 1.29 is 9.53 Å². The first-order chi connectivity index (χ1) is 4.44. The Morgan fingerprint density at radius 2 is 2.10 bits per heavy atom. The molecule has 3 heteroatoms. The summed E-state index contributed by atoms with van der Waals surface area (Å²) < 4.78 is 4.86. The van der Waals surface area contributed by atoms with Gasteiger partial charge in [0, 0.05) is 0 Å². The molecule has 0 bridgehead atoms. The van der Waals surface area contributed by atoms with Gasteiger partial charge in [-0.05, 0) is 20.3 Å². The molecule has 2 nitrogen and oxygen atoms in total. The van der Waals surface area contributed by atoms with Gasteiger partial charge in [0.05, 0.1) is 0 Å². The van der Waals surface area contributed by atoms with Gasteiger partial charge in [-0.2, -0.15) is 0 Å². The van der Waals surface area contributed by atoms with Crippen LogP contribution in [0.4, 0.5) is 0 Å². The normalized spacial score (nSPS) is 36.6. The Kier molecular flexibility index (Phi) is 1.48. The van der Waals surface area contributed by atoms with Gasteiger partial charge in [-0.1, -0.05) is 6.92 Å². The van der Waals surface area contributed by atoms with E-state index < -0.39 is 10.5 Å². The molecule has 0 aliphatic carbocycles. The molecule has 1 aliphatic heterocycles. The second kappa shape index (κ2) is 1.88. The lowest BCUT2D eigenvalue weighted by Crippen LogP contribution is -2.65. The number of ether oxygens (including phenoxy) is 1. The lowest BCUT2D eigenvalue weighted by atomic mass is 9.82. The van der Waals surface area contributed by atoms with Crippen LogP contribution in [0.5, 0.6) is 0 Å². The van der Waals surface area contributed by atoms with Crippen LogP contribution >= 0.6 is 11.6 Å². The lowest BCUT2D eigenvalue weighted by molar-refractivity contribution is -0.198. The minimum absolute atomic E-state index is 0.290. The number of cyclic esters (lactones) is 1. The monoisotopic (exact) mass is 162 g/mol. The quantitative estimate of drug-likeness (QED) is 0.434. The molecule has 1 rings (SSSR count). The van der Waals surface area contributed by atoms with Gasteiger partial charge >= 0.3 is 5.97 Å². The summed E-state index contributed by atoms with van der Waals surface area (Å²) in [6.07, 6.45) is 0.625. The number of alkyl halides is 1. The van der Waals surface area contributed by atoms with E-state index in [2.05, 4.69) is 0 Å². The number of hydrogen-bond acceptors (Lipinski definition) is 2. The fraction of sp³-hybridized carbons (Fsp3) is 0.857. The molecule has 1 saturated heterocycles. The van der Waals surface area contributed by atoms with Gasteiger partial charge in [0.15, 0.2) is 4.87 Å². The first-order valence-corrected chi connectivity index (χ1v) is 3.74. The summed E-state index contributed by atoms with van der Waals surface area (Å²) in [6, 6.07) is 0. The van der Waals surface area contributed by atoms with E-state index in [-0.39, 0.29) is 5.97 Å². The highest BCUT2D eigenvalue weighted by atomic mass is 35.5. The molecular formula is C7H11ClO2. The second-order valence-electron chi connectivity index (χ2n) is 3.05.